The molecule has 0 radical (unpaired) electrons. The molecule has 0 fully saturated rings. The lowest BCUT2D eigenvalue weighted by Crippen LogP contribution is -2.35. The summed E-state index contributed by atoms with van der Waals surface area (Å²) in [6, 6.07) is 14.0. The molecule has 6 heteroatoms. The zero-order valence-electron chi connectivity index (χ0n) is 16.1. The normalized spacial score (nSPS) is 16.1. The summed E-state index contributed by atoms with van der Waals surface area (Å²) in [4.78, 5) is 30.2. The van der Waals surface area contributed by atoms with E-state index < -0.39 is 6.04 Å². The first-order valence-electron chi connectivity index (χ1n) is 9.16. The molecule has 28 heavy (non-hydrogen) atoms. The molecular weight excluding hydrogens is 356 g/mol. The number of methoxy groups -OCH3 is 1. The molecule has 1 amide bonds. The van der Waals surface area contributed by atoms with Gasteiger partial charge in [-0.2, -0.15) is 0 Å². The molecule has 0 bridgehead atoms. The van der Waals surface area contributed by atoms with Gasteiger partial charge in [0.2, 0.25) is 5.76 Å². The van der Waals surface area contributed by atoms with Crippen molar-refractivity contribution in [1.29, 1.82) is 0 Å². The van der Waals surface area contributed by atoms with Crippen LogP contribution in [0.15, 0.2) is 57.7 Å². The van der Waals surface area contributed by atoms with Crippen molar-refractivity contribution in [3.8, 4) is 5.75 Å². The van der Waals surface area contributed by atoms with Gasteiger partial charge in [-0.15, -0.1) is 0 Å². The average Bonchev–Trinajstić information content (AvgIpc) is 2.99. The van der Waals surface area contributed by atoms with Gasteiger partial charge >= 0.3 is 0 Å². The Morgan fingerprint density at radius 2 is 1.89 bits per heavy atom. The first kappa shape index (κ1) is 18.3. The number of hydrogen-bond donors (Lipinski definition) is 0. The molecule has 1 aliphatic rings. The van der Waals surface area contributed by atoms with Crippen LogP contribution in [0.25, 0.3) is 11.0 Å². The van der Waals surface area contributed by atoms with E-state index in [0.29, 0.717) is 35.4 Å². The van der Waals surface area contributed by atoms with E-state index in [1.807, 2.05) is 43.3 Å². The van der Waals surface area contributed by atoms with Gasteiger partial charge in [0.1, 0.15) is 11.3 Å². The van der Waals surface area contributed by atoms with Gasteiger partial charge in [-0.25, -0.2) is 0 Å². The highest BCUT2D eigenvalue weighted by Gasteiger charge is 2.42. The predicted octanol–water partition coefficient (Wildman–Crippen LogP) is 2.91. The first-order chi connectivity index (χ1) is 13.5. The molecule has 6 nitrogen and oxygen atoms in total. The molecule has 0 N–H and O–H groups in total. The number of carbonyl (C=O) groups excluding carboxylic acids is 1. The fourth-order valence-electron chi connectivity index (χ4n) is 3.66. The van der Waals surface area contributed by atoms with Crippen LogP contribution >= 0.6 is 0 Å². The second-order valence-corrected chi connectivity index (χ2v) is 7.15. The van der Waals surface area contributed by atoms with Gasteiger partial charge in [0.25, 0.3) is 5.91 Å². The van der Waals surface area contributed by atoms with Crippen molar-refractivity contribution in [2.45, 2.75) is 6.04 Å². The van der Waals surface area contributed by atoms with Gasteiger partial charge < -0.3 is 19.0 Å². The minimum atomic E-state index is -0.501. The minimum Gasteiger partial charge on any atom is -0.497 e. The van der Waals surface area contributed by atoms with E-state index in [1.54, 1.807) is 36.3 Å². The maximum Gasteiger partial charge on any atom is 0.290 e. The molecule has 4 rings (SSSR count). The van der Waals surface area contributed by atoms with Crippen LogP contribution in [-0.4, -0.2) is 50.0 Å². The van der Waals surface area contributed by atoms with E-state index in [0.717, 1.165) is 5.56 Å². The lowest BCUT2D eigenvalue weighted by Gasteiger charge is -2.26. The third kappa shape index (κ3) is 2.96. The van der Waals surface area contributed by atoms with Crippen LogP contribution in [0.4, 0.5) is 0 Å². The van der Waals surface area contributed by atoms with Crippen molar-refractivity contribution in [1.82, 2.24) is 9.80 Å². The third-order valence-electron chi connectivity index (χ3n) is 5.07. The summed E-state index contributed by atoms with van der Waals surface area (Å²) in [5.41, 5.74) is 1.49. The molecule has 2 heterocycles. The lowest BCUT2D eigenvalue weighted by atomic mass is 9.98. The van der Waals surface area contributed by atoms with Crippen LogP contribution in [0, 0.1) is 0 Å². The van der Waals surface area contributed by atoms with E-state index in [4.69, 9.17) is 9.15 Å². The molecule has 0 aliphatic carbocycles. The fraction of sp³-hybridized carbons (Fsp3) is 0.273. The SMILES string of the molecule is COc1cccc(C2c3c(oc4ccccc4c3=O)C(=O)N2CCN(C)C)c1. The molecule has 3 aromatic rings. The highest BCUT2D eigenvalue weighted by atomic mass is 16.5. The number of benzene rings is 2. The van der Waals surface area contributed by atoms with E-state index in [1.165, 1.54) is 0 Å². The highest BCUT2D eigenvalue weighted by Crippen LogP contribution is 2.38. The number of rotatable bonds is 5. The smallest absolute Gasteiger partial charge is 0.290 e. The third-order valence-corrected chi connectivity index (χ3v) is 5.07. The number of nitrogens with zero attached hydrogens (tertiary/aromatic N) is 2. The monoisotopic (exact) mass is 378 g/mol. The molecule has 1 atom stereocenters. The average molecular weight is 378 g/mol. The Morgan fingerprint density at radius 3 is 2.64 bits per heavy atom. The van der Waals surface area contributed by atoms with Crippen molar-refractivity contribution in [3.05, 3.63) is 75.6 Å². The Bertz CT molecular complexity index is 1100. The molecule has 0 saturated heterocycles. The van der Waals surface area contributed by atoms with Gasteiger partial charge in [0, 0.05) is 13.1 Å². The van der Waals surface area contributed by atoms with Crippen molar-refractivity contribution in [3.63, 3.8) is 0 Å². The van der Waals surface area contributed by atoms with Crippen molar-refractivity contribution in [2.24, 2.45) is 0 Å². The summed E-state index contributed by atoms with van der Waals surface area (Å²) < 4.78 is 11.3. The summed E-state index contributed by atoms with van der Waals surface area (Å²) in [7, 11) is 5.50. The summed E-state index contributed by atoms with van der Waals surface area (Å²) in [6.07, 6.45) is 0. The van der Waals surface area contributed by atoms with Crippen molar-refractivity contribution >= 4 is 16.9 Å². The second-order valence-electron chi connectivity index (χ2n) is 7.15. The topological polar surface area (TPSA) is 63.0 Å². The minimum absolute atomic E-state index is 0.135. The summed E-state index contributed by atoms with van der Waals surface area (Å²) in [5.74, 6) is 0.555. The zero-order chi connectivity index (χ0) is 19.8. The highest BCUT2D eigenvalue weighted by molar-refractivity contribution is 5.99. The van der Waals surface area contributed by atoms with Crippen LogP contribution in [-0.2, 0) is 0 Å². The number of fused-ring (bicyclic) bond motifs is 2. The largest absolute Gasteiger partial charge is 0.497 e. The van der Waals surface area contributed by atoms with E-state index in [9.17, 15) is 9.59 Å². The number of amides is 1. The lowest BCUT2D eigenvalue weighted by molar-refractivity contribution is 0.0716. The molecule has 1 unspecified atom stereocenters. The van der Waals surface area contributed by atoms with Crippen LogP contribution < -0.4 is 10.2 Å². The van der Waals surface area contributed by atoms with Crippen molar-refractivity contribution < 1.29 is 13.9 Å². The van der Waals surface area contributed by atoms with E-state index >= 15 is 0 Å². The molecule has 0 saturated carbocycles. The Labute approximate surface area is 162 Å². The Hall–Kier alpha value is -3.12. The Balaban J connectivity index is 1.93. The fourth-order valence-corrected chi connectivity index (χ4v) is 3.66. The van der Waals surface area contributed by atoms with Gasteiger partial charge in [-0.3, -0.25) is 9.59 Å². The second kappa shape index (κ2) is 7.13. The standard InChI is InChI=1S/C22H22N2O4/c1-23(2)11-12-24-19(14-7-6-8-15(13-14)27-3)18-20(25)16-9-4-5-10-17(16)28-21(18)22(24)26/h4-10,13,19H,11-12H2,1-3H3. The zero-order valence-corrected chi connectivity index (χ0v) is 16.1. The number of likely N-dealkylation sites (N-methyl/N-ethyl adjacent to an activating group) is 1. The molecule has 1 aliphatic heterocycles. The maximum absolute atomic E-state index is 13.3. The summed E-state index contributed by atoms with van der Waals surface area (Å²) in [5, 5.41) is 0.483. The quantitative estimate of drug-likeness (QED) is 0.683. The first-order valence-corrected chi connectivity index (χ1v) is 9.16. The molecule has 2 aromatic carbocycles. The number of ether oxygens (including phenoxy) is 1. The Morgan fingerprint density at radius 1 is 1.11 bits per heavy atom. The van der Waals surface area contributed by atoms with Gasteiger partial charge in [-0.1, -0.05) is 24.3 Å². The van der Waals surface area contributed by atoms with E-state index in [2.05, 4.69) is 0 Å². The number of carbonyl (C=O) groups is 1. The maximum atomic E-state index is 13.3. The van der Waals surface area contributed by atoms with Gasteiger partial charge in [0.15, 0.2) is 5.43 Å². The van der Waals surface area contributed by atoms with Gasteiger partial charge in [0.05, 0.1) is 24.1 Å². The van der Waals surface area contributed by atoms with Crippen LogP contribution in [0.5, 0.6) is 5.75 Å². The summed E-state index contributed by atoms with van der Waals surface area (Å²) in [6.45, 7) is 1.15. The van der Waals surface area contributed by atoms with Gasteiger partial charge in [-0.05, 0) is 43.9 Å². The summed E-state index contributed by atoms with van der Waals surface area (Å²) >= 11 is 0. The molecule has 1 aromatic heterocycles. The Kier molecular flexibility index (Phi) is 4.65. The predicted molar refractivity (Wildman–Crippen MR) is 107 cm³/mol. The van der Waals surface area contributed by atoms with Crippen LogP contribution in [0.1, 0.15) is 27.7 Å². The number of para-hydroxylation sites is 1. The molecule has 0 spiro atoms. The van der Waals surface area contributed by atoms with E-state index in [-0.39, 0.29) is 17.1 Å². The van der Waals surface area contributed by atoms with Crippen molar-refractivity contribution in [2.75, 3.05) is 34.3 Å². The molecular formula is C22H22N2O4. The van der Waals surface area contributed by atoms with Crippen LogP contribution in [0.3, 0.4) is 0 Å². The van der Waals surface area contributed by atoms with Crippen LogP contribution in [0.2, 0.25) is 0 Å². The number of hydrogen-bond acceptors (Lipinski definition) is 5. The molecule has 144 valence electrons.